The third kappa shape index (κ3) is 5.16. The van der Waals surface area contributed by atoms with Crippen molar-refractivity contribution < 1.29 is 13.9 Å². The molecular formula is C21H30N2O3. The van der Waals surface area contributed by atoms with Gasteiger partial charge in [0.1, 0.15) is 11.5 Å². The van der Waals surface area contributed by atoms with E-state index in [0.29, 0.717) is 31.6 Å². The highest BCUT2D eigenvalue weighted by Gasteiger charge is 2.23. The molecule has 142 valence electrons. The molecular weight excluding hydrogens is 328 g/mol. The molecule has 0 aliphatic heterocycles. The Morgan fingerprint density at radius 2 is 2.15 bits per heavy atom. The van der Waals surface area contributed by atoms with E-state index in [-0.39, 0.29) is 6.10 Å². The number of benzene rings is 1. The van der Waals surface area contributed by atoms with Crippen LogP contribution in [0.15, 0.2) is 28.7 Å². The summed E-state index contributed by atoms with van der Waals surface area (Å²) in [6, 6.07) is 8.20. The fraction of sp³-hybridized carbons (Fsp3) is 0.571. The van der Waals surface area contributed by atoms with E-state index in [1.54, 1.807) is 0 Å². The van der Waals surface area contributed by atoms with Gasteiger partial charge in [0.05, 0.1) is 19.3 Å². The Morgan fingerprint density at radius 3 is 2.96 bits per heavy atom. The first-order chi connectivity index (χ1) is 12.7. The summed E-state index contributed by atoms with van der Waals surface area (Å²) in [5, 5.41) is 0. The molecule has 0 radical (unpaired) electrons. The van der Waals surface area contributed by atoms with Gasteiger partial charge in [0.15, 0.2) is 0 Å². The van der Waals surface area contributed by atoms with Crippen LogP contribution in [0, 0.1) is 19.8 Å². The maximum absolute atomic E-state index is 6.16. The van der Waals surface area contributed by atoms with Crippen LogP contribution in [0.2, 0.25) is 0 Å². The minimum absolute atomic E-state index is 0.272. The van der Waals surface area contributed by atoms with Crippen LogP contribution in [0.25, 0.3) is 11.5 Å². The van der Waals surface area contributed by atoms with E-state index >= 15 is 0 Å². The number of ether oxygens (including phenoxy) is 2. The van der Waals surface area contributed by atoms with Crippen molar-refractivity contribution in [1.82, 2.24) is 4.98 Å². The summed E-state index contributed by atoms with van der Waals surface area (Å²) < 4.78 is 17.6. The van der Waals surface area contributed by atoms with E-state index in [9.17, 15) is 0 Å². The second kappa shape index (κ2) is 9.31. The molecule has 1 aliphatic rings. The lowest BCUT2D eigenvalue weighted by Gasteiger charge is -2.28. The molecule has 5 heteroatoms. The topological polar surface area (TPSA) is 70.5 Å². The van der Waals surface area contributed by atoms with Crippen LogP contribution in [0.4, 0.5) is 0 Å². The maximum Gasteiger partial charge on any atom is 0.226 e. The zero-order valence-corrected chi connectivity index (χ0v) is 15.9. The van der Waals surface area contributed by atoms with Crippen molar-refractivity contribution in [3.05, 3.63) is 41.3 Å². The Kier molecular flexibility index (Phi) is 6.83. The highest BCUT2D eigenvalue weighted by atomic mass is 16.5. The minimum Gasteiger partial charge on any atom is -0.441 e. The van der Waals surface area contributed by atoms with Gasteiger partial charge in [-0.2, -0.15) is 0 Å². The highest BCUT2D eigenvalue weighted by molar-refractivity contribution is 5.54. The summed E-state index contributed by atoms with van der Waals surface area (Å²) in [5.74, 6) is 2.07. The van der Waals surface area contributed by atoms with Gasteiger partial charge in [-0.3, -0.25) is 0 Å². The van der Waals surface area contributed by atoms with Crippen LogP contribution >= 0.6 is 0 Å². The summed E-state index contributed by atoms with van der Waals surface area (Å²) in [6.45, 7) is 6.54. The molecule has 0 saturated heterocycles. The fourth-order valence-electron chi connectivity index (χ4n) is 3.54. The molecule has 2 N–H and O–H groups in total. The lowest BCUT2D eigenvalue weighted by Crippen LogP contribution is -2.26. The Labute approximate surface area is 155 Å². The largest absolute Gasteiger partial charge is 0.441 e. The number of oxazole rings is 1. The molecule has 1 saturated carbocycles. The predicted molar refractivity (Wildman–Crippen MR) is 102 cm³/mol. The molecule has 0 amide bonds. The van der Waals surface area contributed by atoms with Gasteiger partial charge in [-0.15, -0.1) is 0 Å². The molecule has 2 aromatic rings. The molecule has 5 nitrogen and oxygen atoms in total. The number of aromatic nitrogens is 1. The highest BCUT2D eigenvalue weighted by Crippen LogP contribution is 2.28. The molecule has 1 aromatic carbocycles. The van der Waals surface area contributed by atoms with E-state index in [2.05, 4.69) is 24.0 Å². The number of rotatable bonds is 8. The van der Waals surface area contributed by atoms with Crippen molar-refractivity contribution in [3.8, 4) is 11.5 Å². The van der Waals surface area contributed by atoms with E-state index in [1.807, 2.05) is 19.1 Å². The molecule has 1 aliphatic carbocycles. The lowest BCUT2D eigenvalue weighted by atomic mass is 9.88. The number of nitrogens with two attached hydrogens (primary N) is 1. The molecule has 26 heavy (non-hydrogen) atoms. The molecule has 3 rings (SSSR count). The smallest absolute Gasteiger partial charge is 0.226 e. The molecule has 0 unspecified atom stereocenters. The summed E-state index contributed by atoms with van der Waals surface area (Å²) >= 11 is 0. The van der Waals surface area contributed by atoms with Gasteiger partial charge in [0.25, 0.3) is 0 Å². The van der Waals surface area contributed by atoms with Crippen molar-refractivity contribution in [2.75, 3.05) is 19.8 Å². The standard InChI is InChI=1S/C21H30N2O3/c1-15-5-3-7-18(11-15)21-23-20(16(2)26-21)14-25-19-8-4-6-17(12-19)13-24-10-9-22/h3,5,7,11,17,19H,4,6,8-10,12-14,22H2,1-2H3/t17-,19+/m1/s1. The van der Waals surface area contributed by atoms with Crippen molar-refractivity contribution in [3.63, 3.8) is 0 Å². The van der Waals surface area contributed by atoms with Crippen LogP contribution in [-0.4, -0.2) is 30.8 Å². The predicted octanol–water partition coefficient (Wildman–Crippen LogP) is 4.01. The summed E-state index contributed by atoms with van der Waals surface area (Å²) in [4.78, 5) is 4.65. The van der Waals surface area contributed by atoms with Gasteiger partial charge in [0, 0.05) is 18.7 Å². The molecule has 1 fully saturated rings. The van der Waals surface area contributed by atoms with Crippen LogP contribution in [0.5, 0.6) is 0 Å². The average Bonchev–Trinajstić information content (AvgIpc) is 3.01. The summed E-state index contributed by atoms with van der Waals surface area (Å²) in [6.07, 6.45) is 4.83. The van der Waals surface area contributed by atoms with Gasteiger partial charge in [-0.1, -0.05) is 24.1 Å². The molecule has 1 aromatic heterocycles. The van der Waals surface area contributed by atoms with Crippen LogP contribution < -0.4 is 5.73 Å². The first-order valence-electron chi connectivity index (χ1n) is 9.58. The zero-order valence-electron chi connectivity index (χ0n) is 15.9. The fourth-order valence-corrected chi connectivity index (χ4v) is 3.54. The van der Waals surface area contributed by atoms with E-state index in [4.69, 9.17) is 19.6 Å². The second-order valence-corrected chi connectivity index (χ2v) is 7.22. The van der Waals surface area contributed by atoms with Gasteiger partial charge in [-0.25, -0.2) is 4.98 Å². The van der Waals surface area contributed by atoms with E-state index < -0.39 is 0 Å². The zero-order chi connectivity index (χ0) is 18.4. The minimum atomic E-state index is 0.272. The monoisotopic (exact) mass is 358 g/mol. The Balaban J connectivity index is 1.54. The number of hydrogen-bond acceptors (Lipinski definition) is 5. The second-order valence-electron chi connectivity index (χ2n) is 7.22. The normalized spacial score (nSPS) is 20.4. The average molecular weight is 358 g/mol. The van der Waals surface area contributed by atoms with E-state index in [1.165, 1.54) is 18.4 Å². The summed E-state index contributed by atoms with van der Waals surface area (Å²) in [5.41, 5.74) is 8.58. The Bertz CT molecular complexity index is 698. The third-order valence-electron chi connectivity index (χ3n) is 4.96. The SMILES string of the molecule is Cc1cccc(-c2nc(CO[C@H]3CCC[C@@H](COCCN)C3)c(C)o2)c1. The molecule has 1 heterocycles. The van der Waals surface area contributed by atoms with Crippen molar-refractivity contribution in [1.29, 1.82) is 0 Å². The van der Waals surface area contributed by atoms with Crippen molar-refractivity contribution >= 4 is 0 Å². The summed E-state index contributed by atoms with van der Waals surface area (Å²) in [7, 11) is 0. The first kappa shape index (κ1) is 19.1. The van der Waals surface area contributed by atoms with Gasteiger partial charge in [-0.05, 0) is 51.2 Å². The molecule has 0 bridgehead atoms. The van der Waals surface area contributed by atoms with Crippen LogP contribution in [-0.2, 0) is 16.1 Å². The first-order valence-corrected chi connectivity index (χ1v) is 9.58. The quantitative estimate of drug-likeness (QED) is 0.722. The van der Waals surface area contributed by atoms with Gasteiger partial charge < -0.3 is 19.6 Å². The third-order valence-corrected chi connectivity index (χ3v) is 4.96. The Morgan fingerprint density at radius 1 is 1.27 bits per heavy atom. The number of nitrogens with zero attached hydrogens (tertiary/aromatic N) is 1. The molecule has 2 atom stereocenters. The lowest BCUT2D eigenvalue weighted by molar-refractivity contribution is -0.0161. The van der Waals surface area contributed by atoms with Crippen LogP contribution in [0.3, 0.4) is 0 Å². The Hall–Kier alpha value is -1.69. The van der Waals surface area contributed by atoms with E-state index in [0.717, 1.165) is 36.5 Å². The maximum atomic E-state index is 6.16. The van der Waals surface area contributed by atoms with Gasteiger partial charge in [0.2, 0.25) is 5.89 Å². The van der Waals surface area contributed by atoms with Crippen molar-refractivity contribution in [2.24, 2.45) is 11.7 Å². The van der Waals surface area contributed by atoms with Gasteiger partial charge >= 0.3 is 0 Å². The number of hydrogen-bond donors (Lipinski definition) is 1. The van der Waals surface area contributed by atoms with Crippen molar-refractivity contribution in [2.45, 2.75) is 52.2 Å². The van der Waals surface area contributed by atoms with Crippen LogP contribution in [0.1, 0.15) is 42.7 Å². The number of aryl methyl sites for hydroxylation is 2. The molecule has 0 spiro atoms.